The Hall–Kier alpha value is -1.29. The Balaban J connectivity index is 1.89. The number of nitrogens with zero attached hydrogens (tertiary/aromatic N) is 1. The minimum absolute atomic E-state index is 0.530. The van der Waals surface area contributed by atoms with Crippen LogP contribution in [0.4, 0.5) is 0 Å². The SMILES string of the molecule is CCCC(CCC)C1CCC(c2ccc(CC#N)cc2)CC1. The van der Waals surface area contributed by atoms with E-state index in [1.54, 1.807) is 0 Å². The van der Waals surface area contributed by atoms with Crippen LogP contribution in [0, 0.1) is 23.2 Å². The van der Waals surface area contributed by atoms with Crippen molar-refractivity contribution in [3.8, 4) is 6.07 Å². The van der Waals surface area contributed by atoms with Crippen molar-refractivity contribution in [2.45, 2.75) is 77.6 Å². The highest BCUT2D eigenvalue weighted by Gasteiger charge is 2.27. The van der Waals surface area contributed by atoms with E-state index in [1.807, 2.05) is 0 Å². The molecule has 1 aromatic rings. The second-order valence-corrected chi connectivity index (χ2v) is 7.03. The van der Waals surface area contributed by atoms with Gasteiger partial charge < -0.3 is 0 Å². The average Bonchev–Trinajstić information content (AvgIpc) is 2.56. The van der Waals surface area contributed by atoms with Gasteiger partial charge in [0.15, 0.2) is 0 Å². The van der Waals surface area contributed by atoms with E-state index in [0.29, 0.717) is 6.42 Å². The number of nitriles is 1. The molecule has 0 atom stereocenters. The summed E-state index contributed by atoms with van der Waals surface area (Å²) in [6, 6.07) is 11.0. The van der Waals surface area contributed by atoms with Crippen LogP contribution in [0.3, 0.4) is 0 Å². The molecular weight excluding hydrogens is 266 g/mol. The van der Waals surface area contributed by atoms with E-state index in [-0.39, 0.29) is 0 Å². The van der Waals surface area contributed by atoms with Crippen LogP contribution < -0.4 is 0 Å². The topological polar surface area (TPSA) is 23.8 Å². The van der Waals surface area contributed by atoms with Gasteiger partial charge in [0, 0.05) is 0 Å². The van der Waals surface area contributed by atoms with Gasteiger partial charge in [-0.2, -0.15) is 5.26 Å². The van der Waals surface area contributed by atoms with Crippen molar-refractivity contribution >= 4 is 0 Å². The van der Waals surface area contributed by atoms with Gasteiger partial charge in [0.05, 0.1) is 12.5 Å². The van der Waals surface area contributed by atoms with Crippen molar-refractivity contribution < 1.29 is 0 Å². The Morgan fingerprint density at radius 1 is 1.00 bits per heavy atom. The van der Waals surface area contributed by atoms with E-state index in [4.69, 9.17) is 5.26 Å². The molecule has 1 nitrogen and oxygen atoms in total. The van der Waals surface area contributed by atoms with Crippen LogP contribution in [-0.2, 0) is 6.42 Å². The van der Waals surface area contributed by atoms with Crippen LogP contribution in [0.25, 0.3) is 0 Å². The second-order valence-electron chi connectivity index (χ2n) is 7.03. The predicted octanol–water partition coefficient (Wildman–Crippen LogP) is 6.24. The summed E-state index contributed by atoms with van der Waals surface area (Å²) < 4.78 is 0. The van der Waals surface area contributed by atoms with Crippen molar-refractivity contribution in [2.24, 2.45) is 11.8 Å². The van der Waals surface area contributed by atoms with E-state index in [2.05, 4.69) is 44.2 Å². The Kier molecular flexibility index (Phi) is 6.97. The van der Waals surface area contributed by atoms with Gasteiger partial charge in [0.25, 0.3) is 0 Å². The van der Waals surface area contributed by atoms with E-state index in [0.717, 1.165) is 23.3 Å². The van der Waals surface area contributed by atoms with Crippen LogP contribution in [0.5, 0.6) is 0 Å². The Morgan fingerprint density at radius 3 is 2.09 bits per heavy atom. The Morgan fingerprint density at radius 2 is 1.59 bits per heavy atom. The first-order valence-corrected chi connectivity index (χ1v) is 9.24. The van der Waals surface area contributed by atoms with Crippen molar-refractivity contribution in [3.63, 3.8) is 0 Å². The molecule has 0 spiro atoms. The summed E-state index contributed by atoms with van der Waals surface area (Å²) in [5.41, 5.74) is 2.63. The zero-order valence-corrected chi connectivity index (χ0v) is 14.4. The number of hydrogen-bond acceptors (Lipinski definition) is 1. The number of hydrogen-bond donors (Lipinski definition) is 0. The number of benzene rings is 1. The summed E-state index contributed by atoms with van der Waals surface area (Å²) in [5.74, 6) is 2.68. The van der Waals surface area contributed by atoms with Crippen molar-refractivity contribution in [2.75, 3.05) is 0 Å². The van der Waals surface area contributed by atoms with Gasteiger partial charge in [-0.05, 0) is 54.6 Å². The summed E-state index contributed by atoms with van der Waals surface area (Å²) in [6.07, 6.45) is 11.6. The lowest BCUT2D eigenvalue weighted by atomic mass is 9.71. The summed E-state index contributed by atoms with van der Waals surface area (Å²) >= 11 is 0. The lowest BCUT2D eigenvalue weighted by Gasteiger charge is -2.34. The molecule has 1 aliphatic rings. The summed E-state index contributed by atoms with van der Waals surface area (Å²) in [4.78, 5) is 0. The molecule has 120 valence electrons. The van der Waals surface area contributed by atoms with Crippen molar-refractivity contribution in [1.82, 2.24) is 0 Å². The fraction of sp³-hybridized carbons (Fsp3) is 0.667. The maximum atomic E-state index is 8.76. The zero-order chi connectivity index (χ0) is 15.8. The summed E-state index contributed by atoms with van der Waals surface area (Å²) in [5, 5.41) is 8.76. The van der Waals surface area contributed by atoms with Gasteiger partial charge in [0.1, 0.15) is 0 Å². The monoisotopic (exact) mass is 297 g/mol. The lowest BCUT2D eigenvalue weighted by molar-refractivity contribution is 0.209. The van der Waals surface area contributed by atoms with Gasteiger partial charge in [0.2, 0.25) is 0 Å². The fourth-order valence-electron chi connectivity index (χ4n) is 4.28. The molecule has 1 aromatic carbocycles. The van der Waals surface area contributed by atoms with Gasteiger partial charge in [-0.25, -0.2) is 0 Å². The van der Waals surface area contributed by atoms with Crippen molar-refractivity contribution in [1.29, 1.82) is 5.26 Å². The molecule has 1 saturated carbocycles. The maximum absolute atomic E-state index is 8.76. The minimum atomic E-state index is 0.530. The summed E-state index contributed by atoms with van der Waals surface area (Å²) in [7, 11) is 0. The third kappa shape index (κ3) is 4.60. The highest BCUT2D eigenvalue weighted by Crippen LogP contribution is 2.41. The molecule has 0 N–H and O–H groups in total. The molecule has 1 heteroatoms. The van der Waals surface area contributed by atoms with E-state index in [9.17, 15) is 0 Å². The molecule has 0 amide bonds. The molecule has 0 aromatic heterocycles. The molecule has 0 saturated heterocycles. The molecule has 2 rings (SSSR count). The van der Waals surface area contributed by atoms with Crippen LogP contribution in [-0.4, -0.2) is 0 Å². The third-order valence-electron chi connectivity index (χ3n) is 5.49. The smallest absolute Gasteiger partial charge is 0.0669 e. The van der Waals surface area contributed by atoms with E-state index in [1.165, 1.54) is 56.9 Å². The molecule has 0 bridgehead atoms. The standard InChI is InChI=1S/C21H31N/c1-3-5-18(6-4-2)20-11-13-21(14-12-20)19-9-7-17(8-10-19)15-16-22/h7-10,18,20-21H,3-6,11-15H2,1-2H3. The Bertz CT molecular complexity index is 454. The normalized spacial score (nSPS) is 21.7. The third-order valence-corrected chi connectivity index (χ3v) is 5.49. The maximum Gasteiger partial charge on any atom is 0.0669 e. The first-order valence-electron chi connectivity index (χ1n) is 9.24. The summed E-state index contributed by atoms with van der Waals surface area (Å²) in [6.45, 7) is 4.66. The predicted molar refractivity (Wildman–Crippen MR) is 93.8 cm³/mol. The molecule has 1 fully saturated rings. The lowest BCUT2D eigenvalue weighted by Crippen LogP contribution is -2.21. The highest BCUT2D eigenvalue weighted by molar-refractivity contribution is 5.27. The second kappa shape index (κ2) is 8.99. The van der Waals surface area contributed by atoms with Crippen LogP contribution in [0.2, 0.25) is 0 Å². The highest BCUT2D eigenvalue weighted by atomic mass is 14.3. The Labute approximate surface area is 136 Å². The van der Waals surface area contributed by atoms with Gasteiger partial charge in [-0.1, -0.05) is 63.8 Å². The van der Waals surface area contributed by atoms with Gasteiger partial charge >= 0.3 is 0 Å². The van der Waals surface area contributed by atoms with Crippen LogP contribution >= 0.6 is 0 Å². The molecule has 0 radical (unpaired) electrons. The first kappa shape index (κ1) is 17.1. The van der Waals surface area contributed by atoms with Gasteiger partial charge in [-0.15, -0.1) is 0 Å². The molecule has 0 aliphatic heterocycles. The molecule has 0 heterocycles. The zero-order valence-electron chi connectivity index (χ0n) is 14.4. The molecule has 1 aliphatic carbocycles. The largest absolute Gasteiger partial charge is 0.198 e. The fourth-order valence-corrected chi connectivity index (χ4v) is 4.28. The molecule has 0 unspecified atom stereocenters. The minimum Gasteiger partial charge on any atom is -0.198 e. The quantitative estimate of drug-likeness (QED) is 0.584. The van der Waals surface area contributed by atoms with E-state index >= 15 is 0 Å². The first-order chi connectivity index (χ1) is 10.8. The average molecular weight is 297 g/mol. The molecule has 22 heavy (non-hydrogen) atoms. The van der Waals surface area contributed by atoms with Gasteiger partial charge in [-0.3, -0.25) is 0 Å². The van der Waals surface area contributed by atoms with Crippen LogP contribution in [0.15, 0.2) is 24.3 Å². The van der Waals surface area contributed by atoms with E-state index < -0.39 is 0 Å². The van der Waals surface area contributed by atoms with Crippen molar-refractivity contribution in [3.05, 3.63) is 35.4 Å². The molecular formula is C21H31N. The number of rotatable bonds is 7. The van der Waals surface area contributed by atoms with Crippen LogP contribution in [0.1, 0.15) is 82.3 Å².